The van der Waals surface area contributed by atoms with E-state index in [0.29, 0.717) is 22.5 Å². The molecule has 8 heteroatoms. The number of carbonyl (C=O) groups is 4. The van der Waals surface area contributed by atoms with Crippen LogP contribution in [0.2, 0.25) is 0 Å². The monoisotopic (exact) mass is 404 g/mol. The van der Waals surface area contributed by atoms with Crippen LogP contribution in [0, 0.1) is 11.8 Å². The summed E-state index contributed by atoms with van der Waals surface area (Å²) in [6.07, 6.45) is 3.23. The van der Waals surface area contributed by atoms with Crippen LogP contribution in [0.5, 0.6) is 0 Å². The van der Waals surface area contributed by atoms with E-state index < -0.39 is 23.8 Å². The summed E-state index contributed by atoms with van der Waals surface area (Å²) in [6.45, 7) is 0. The molecule has 0 aliphatic rings. The highest BCUT2D eigenvalue weighted by Gasteiger charge is 2.05. The summed E-state index contributed by atoms with van der Waals surface area (Å²) in [6, 6.07) is 13.4. The normalized spacial score (nSPS) is 10.3. The van der Waals surface area contributed by atoms with Crippen molar-refractivity contribution in [3.63, 3.8) is 0 Å². The molecule has 2 amide bonds. The first-order valence-corrected chi connectivity index (χ1v) is 8.49. The van der Waals surface area contributed by atoms with Crippen LogP contribution in [0.4, 0.5) is 11.4 Å². The third-order valence-electron chi connectivity index (χ3n) is 3.46. The van der Waals surface area contributed by atoms with Gasteiger partial charge in [-0.2, -0.15) is 0 Å². The van der Waals surface area contributed by atoms with Gasteiger partial charge in [0.1, 0.15) is 0 Å². The van der Waals surface area contributed by atoms with Gasteiger partial charge in [0.05, 0.1) is 11.4 Å². The molecule has 0 fully saturated rings. The van der Waals surface area contributed by atoms with E-state index in [1.807, 2.05) is 0 Å². The fraction of sp³-hybridized carbons (Fsp3) is 0. The van der Waals surface area contributed by atoms with E-state index >= 15 is 0 Å². The van der Waals surface area contributed by atoms with E-state index in [0.717, 1.165) is 24.3 Å². The Morgan fingerprint density at radius 2 is 1.00 bits per heavy atom. The maximum Gasteiger partial charge on any atom is 0.328 e. The number of hydrogen-bond acceptors (Lipinski definition) is 4. The average molecular weight is 404 g/mol. The Balaban J connectivity index is 2.25. The Morgan fingerprint density at radius 1 is 0.633 bits per heavy atom. The number of rotatable bonds is 6. The van der Waals surface area contributed by atoms with Crippen molar-refractivity contribution in [3.8, 4) is 11.8 Å². The molecular formula is C22H16N2O6. The molecule has 150 valence electrons. The first-order valence-electron chi connectivity index (χ1n) is 8.49. The molecule has 0 atom stereocenters. The minimum atomic E-state index is -1.24. The van der Waals surface area contributed by atoms with Gasteiger partial charge in [0, 0.05) is 35.4 Å². The SMILES string of the molecule is O=C(O)/C=C/C(=O)Nc1ccccc1C#Cc1ccccc1NC(=O)/C=C/C(=O)O. The molecule has 0 saturated carbocycles. The predicted molar refractivity (Wildman–Crippen MR) is 110 cm³/mol. The zero-order valence-electron chi connectivity index (χ0n) is 15.5. The Morgan fingerprint density at radius 3 is 1.37 bits per heavy atom. The Labute approximate surface area is 171 Å². The smallest absolute Gasteiger partial charge is 0.328 e. The van der Waals surface area contributed by atoms with Crippen LogP contribution >= 0.6 is 0 Å². The third kappa shape index (κ3) is 7.17. The van der Waals surface area contributed by atoms with Gasteiger partial charge >= 0.3 is 11.9 Å². The van der Waals surface area contributed by atoms with Gasteiger partial charge in [-0.15, -0.1) is 0 Å². The summed E-state index contributed by atoms with van der Waals surface area (Å²) < 4.78 is 0. The summed E-state index contributed by atoms with van der Waals surface area (Å²) in [5.74, 6) is 2.07. The van der Waals surface area contributed by atoms with Gasteiger partial charge in [-0.3, -0.25) is 9.59 Å². The van der Waals surface area contributed by atoms with Crippen molar-refractivity contribution in [1.29, 1.82) is 0 Å². The van der Waals surface area contributed by atoms with Crippen molar-refractivity contribution in [2.24, 2.45) is 0 Å². The van der Waals surface area contributed by atoms with Crippen molar-refractivity contribution in [3.05, 3.63) is 84.0 Å². The van der Waals surface area contributed by atoms with Crippen molar-refractivity contribution < 1.29 is 29.4 Å². The van der Waals surface area contributed by atoms with E-state index in [4.69, 9.17) is 10.2 Å². The molecule has 0 aliphatic carbocycles. The topological polar surface area (TPSA) is 133 Å². The highest BCUT2D eigenvalue weighted by Crippen LogP contribution is 2.17. The third-order valence-corrected chi connectivity index (χ3v) is 3.46. The Hall–Kier alpha value is -4.64. The molecule has 0 unspecified atom stereocenters. The number of hydrogen-bond donors (Lipinski definition) is 4. The van der Waals surface area contributed by atoms with Gasteiger partial charge in [0.25, 0.3) is 0 Å². The average Bonchev–Trinajstić information content (AvgIpc) is 2.71. The second kappa shape index (κ2) is 10.6. The first kappa shape index (κ1) is 21.7. The molecule has 0 saturated heterocycles. The van der Waals surface area contributed by atoms with Gasteiger partial charge in [-0.1, -0.05) is 36.1 Å². The zero-order chi connectivity index (χ0) is 21.9. The van der Waals surface area contributed by atoms with Gasteiger partial charge in [-0.25, -0.2) is 9.59 Å². The molecule has 0 spiro atoms. The second-order valence-corrected chi connectivity index (χ2v) is 5.66. The van der Waals surface area contributed by atoms with Gasteiger partial charge in [0.2, 0.25) is 11.8 Å². The molecule has 0 aromatic heterocycles. The van der Waals surface area contributed by atoms with Crippen molar-refractivity contribution in [2.75, 3.05) is 10.6 Å². The van der Waals surface area contributed by atoms with Crippen molar-refractivity contribution >= 4 is 35.1 Å². The number of benzene rings is 2. The van der Waals surface area contributed by atoms with E-state index in [-0.39, 0.29) is 0 Å². The first-order chi connectivity index (χ1) is 14.3. The molecule has 2 aromatic rings. The fourth-order valence-electron chi connectivity index (χ4n) is 2.18. The largest absolute Gasteiger partial charge is 0.478 e. The van der Waals surface area contributed by atoms with Crippen LogP contribution in [0.1, 0.15) is 11.1 Å². The standard InChI is InChI=1S/C22H16N2O6/c25-19(11-13-21(27)28)23-17-7-3-1-5-15(17)9-10-16-6-2-4-8-18(16)24-20(26)12-14-22(29)30/h1-8,11-14H,(H,23,25)(H,24,26)(H,27,28)(H,29,30)/b13-11+,14-12+. The molecule has 4 N–H and O–H groups in total. The number of carbonyl (C=O) groups excluding carboxylic acids is 2. The summed E-state index contributed by atoms with van der Waals surface area (Å²) in [7, 11) is 0. The van der Waals surface area contributed by atoms with E-state index in [1.165, 1.54) is 0 Å². The van der Waals surface area contributed by atoms with E-state index in [1.54, 1.807) is 48.5 Å². The number of aliphatic carboxylic acids is 2. The summed E-state index contributed by atoms with van der Waals surface area (Å²) in [5, 5.41) is 22.3. The highest BCUT2D eigenvalue weighted by atomic mass is 16.4. The van der Waals surface area contributed by atoms with E-state index in [2.05, 4.69) is 22.5 Å². The number of para-hydroxylation sites is 2. The molecule has 2 aromatic carbocycles. The number of nitrogens with one attached hydrogen (secondary N) is 2. The number of anilines is 2. The number of carboxylic acids is 2. The minimum absolute atomic E-state index is 0.385. The lowest BCUT2D eigenvalue weighted by Crippen LogP contribution is -2.10. The number of carboxylic acid groups (broad SMARTS) is 2. The molecule has 0 aliphatic heterocycles. The van der Waals surface area contributed by atoms with Gasteiger partial charge in [0.15, 0.2) is 0 Å². The molecule has 0 heterocycles. The van der Waals surface area contributed by atoms with Gasteiger partial charge < -0.3 is 20.8 Å². The lowest BCUT2D eigenvalue weighted by atomic mass is 10.1. The molecule has 0 radical (unpaired) electrons. The molecule has 8 nitrogen and oxygen atoms in total. The molecule has 0 bridgehead atoms. The molecular weight excluding hydrogens is 388 g/mol. The van der Waals surface area contributed by atoms with Crippen LogP contribution in [0.15, 0.2) is 72.8 Å². The summed E-state index contributed by atoms with van der Waals surface area (Å²) in [5.41, 5.74) is 1.72. The lowest BCUT2D eigenvalue weighted by molar-refractivity contribution is -0.132. The molecule has 2 rings (SSSR count). The van der Waals surface area contributed by atoms with Crippen LogP contribution < -0.4 is 10.6 Å². The maximum atomic E-state index is 11.8. The quantitative estimate of drug-likeness (QED) is 0.431. The van der Waals surface area contributed by atoms with Crippen LogP contribution in [0.25, 0.3) is 0 Å². The second-order valence-electron chi connectivity index (χ2n) is 5.66. The molecule has 30 heavy (non-hydrogen) atoms. The minimum Gasteiger partial charge on any atom is -0.478 e. The van der Waals surface area contributed by atoms with Crippen molar-refractivity contribution in [1.82, 2.24) is 0 Å². The van der Waals surface area contributed by atoms with Gasteiger partial charge in [-0.05, 0) is 24.3 Å². The van der Waals surface area contributed by atoms with E-state index in [9.17, 15) is 19.2 Å². The lowest BCUT2D eigenvalue weighted by Gasteiger charge is -2.06. The Bertz CT molecular complexity index is 1020. The predicted octanol–water partition coefficient (Wildman–Crippen LogP) is 2.24. The zero-order valence-corrected chi connectivity index (χ0v) is 15.5. The highest BCUT2D eigenvalue weighted by molar-refractivity contribution is 6.03. The fourth-order valence-corrected chi connectivity index (χ4v) is 2.18. The Kier molecular flexibility index (Phi) is 7.68. The van der Waals surface area contributed by atoms with Crippen LogP contribution in [-0.4, -0.2) is 34.0 Å². The van der Waals surface area contributed by atoms with Crippen LogP contribution in [-0.2, 0) is 19.2 Å². The summed E-state index contributed by atoms with van der Waals surface area (Å²) >= 11 is 0. The maximum absolute atomic E-state index is 11.8. The van der Waals surface area contributed by atoms with Crippen molar-refractivity contribution in [2.45, 2.75) is 0 Å². The summed E-state index contributed by atoms with van der Waals surface area (Å²) in [4.78, 5) is 44.7. The number of amides is 2. The van der Waals surface area contributed by atoms with Crippen LogP contribution in [0.3, 0.4) is 0 Å².